The van der Waals surface area contributed by atoms with Gasteiger partial charge in [-0.1, -0.05) is 26.7 Å². The lowest BCUT2D eigenvalue weighted by atomic mass is 9.82. The molecule has 4 heteroatoms. The molecule has 0 atom stereocenters. The third kappa shape index (κ3) is 2.53. The van der Waals surface area contributed by atoms with Gasteiger partial charge < -0.3 is 5.32 Å². The van der Waals surface area contributed by atoms with Crippen LogP contribution in [-0.2, 0) is 6.54 Å². The highest BCUT2D eigenvalue weighted by molar-refractivity contribution is 7.09. The first-order chi connectivity index (χ1) is 9.72. The van der Waals surface area contributed by atoms with Crippen molar-refractivity contribution in [3.8, 4) is 0 Å². The molecule has 1 saturated heterocycles. The predicted octanol–water partition coefficient (Wildman–Crippen LogP) is 3.42. The fourth-order valence-corrected chi connectivity index (χ4v) is 4.65. The summed E-state index contributed by atoms with van der Waals surface area (Å²) in [6.07, 6.45) is 9.87. The molecule has 2 aliphatic rings. The van der Waals surface area contributed by atoms with Crippen LogP contribution in [0.5, 0.6) is 0 Å². The number of nitrogens with one attached hydrogen (secondary N) is 1. The van der Waals surface area contributed by atoms with Crippen LogP contribution in [0.25, 0.3) is 0 Å². The molecular weight excluding hydrogens is 266 g/mol. The molecule has 1 aliphatic carbocycles. The van der Waals surface area contributed by atoms with Gasteiger partial charge >= 0.3 is 0 Å². The molecular formula is C16H27N3S. The van der Waals surface area contributed by atoms with E-state index < -0.39 is 0 Å². The molecule has 0 unspecified atom stereocenters. The summed E-state index contributed by atoms with van der Waals surface area (Å²) in [5.74, 6) is 0. The maximum absolute atomic E-state index is 4.52. The van der Waals surface area contributed by atoms with Crippen molar-refractivity contribution >= 4 is 11.3 Å². The van der Waals surface area contributed by atoms with E-state index in [-0.39, 0.29) is 0 Å². The highest BCUT2D eigenvalue weighted by atomic mass is 32.1. The molecule has 0 aromatic carbocycles. The molecule has 3 nitrogen and oxygen atoms in total. The molecule has 1 saturated carbocycles. The maximum atomic E-state index is 4.52. The molecule has 1 N–H and O–H groups in total. The van der Waals surface area contributed by atoms with Crippen LogP contribution in [0.1, 0.15) is 57.4 Å². The molecule has 20 heavy (non-hydrogen) atoms. The second-order valence-corrected chi connectivity index (χ2v) is 7.53. The summed E-state index contributed by atoms with van der Waals surface area (Å²) in [4.78, 5) is 7.29. The van der Waals surface area contributed by atoms with Gasteiger partial charge in [-0.2, -0.15) is 0 Å². The molecule has 3 rings (SSSR count). The molecule has 1 aromatic rings. The zero-order chi connectivity index (χ0) is 14.1. The zero-order valence-corrected chi connectivity index (χ0v) is 13.6. The molecule has 0 amide bonds. The summed E-state index contributed by atoms with van der Waals surface area (Å²) < 4.78 is 0. The number of piperazine rings is 1. The Morgan fingerprint density at radius 2 is 2.05 bits per heavy atom. The van der Waals surface area contributed by atoms with Gasteiger partial charge in [0, 0.05) is 35.7 Å². The van der Waals surface area contributed by atoms with E-state index in [9.17, 15) is 0 Å². The number of aromatic nitrogens is 1. The Kier molecular flexibility index (Phi) is 4.16. The smallest absolute Gasteiger partial charge is 0.107 e. The van der Waals surface area contributed by atoms with Gasteiger partial charge in [0.05, 0.1) is 6.54 Å². The molecule has 0 radical (unpaired) electrons. The van der Waals surface area contributed by atoms with Crippen molar-refractivity contribution in [3.63, 3.8) is 0 Å². The topological polar surface area (TPSA) is 28.2 Å². The van der Waals surface area contributed by atoms with Crippen LogP contribution >= 0.6 is 11.3 Å². The molecule has 2 fully saturated rings. The van der Waals surface area contributed by atoms with Crippen LogP contribution in [0.2, 0.25) is 0 Å². The summed E-state index contributed by atoms with van der Waals surface area (Å²) in [6, 6.07) is 0. The Morgan fingerprint density at radius 3 is 2.65 bits per heavy atom. The second-order valence-electron chi connectivity index (χ2n) is 6.55. The van der Waals surface area contributed by atoms with Gasteiger partial charge in [-0.25, -0.2) is 4.98 Å². The fourth-order valence-electron chi connectivity index (χ4n) is 4.02. The SMILES string of the molecule is CCC1(CC)CN(Cc2nccs2)C2(CCCC2)CN1. The molecule has 1 aromatic heterocycles. The molecule has 112 valence electrons. The Bertz CT molecular complexity index is 419. The summed E-state index contributed by atoms with van der Waals surface area (Å²) in [5, 5.41) is 7.30. The predicted molar refractivity (Wildman–Crippen MR) is 85.0 cm³/mol. The molecule has 1 spiro atoms. The lowest BCUT2D eigenvalue weighted by Crippen LogP contribution is -2.68. The third-order valence-corrected chi connectivity index (χ3v) is 6.42. The summed E-state index contributed by atoms with van der Waals surface area (Å²) in [5.41, 5.74) is 0.713. The van der Waals surface area contributed by atoms with Crippen molar-refractivity contribution < 1.29 is 0 Å². The summed E-state index contributed by atoms with van der Waals surface area (Å²) in [7, 11) is 0. The van der Waals surface area contributed by atoms with E-state index in [0.29, 0.717) is 11.1 Å². The summed E-state index contributed by atoms with van der Waals surface area (Å²) >= 11 is 1.80. The summed E-state index contributed by atoms with van der Waals surface area (Å²) in [6.45, 7) is 8.04. The van der Waals surface area contributed by atoms with Crippen molar-refractivity contribution in [2.75, 3.05) is 13.1 Å². The molecule has 0 bridgehead atoms. The monoisotopic (exact) mass is 293 g/mol. The van der Waals surface area contributed by atoms with E-state index in [4.69, 9.17) is 0 Å². The quantitative estimate of drug-likeness (QED) is 0.922. The lowest BCUT2D eigenvalue weighted by molar-refractivity contribution is -0.00215. The Hall–Kier alpha value is -0.450. The van der Waals surface area contributed by atoms with E-state index in [1.807, 2.05) is 6.20 Å². The Morgan fingerprint density at radius 1 is 1.30 bits per heavy atom. The first-order valence-electron chi connectivity index (χ1n) is 8.10. The van der Waals surface area contributed by atoms with Crippen LogP contribution in [0.15, 0.2) is 11.6 Å². The highest BCUT2D eigenvalue weighted by Crippen LogP contribution is 2.40. The largest absolute Gasteiger partial charge is 0.308 e. The van der Waals surface area contributed by atoms with E-state index in [0.717, 1.165) is 6.54 Å². The van der Waals surface area contributed by atoms with Crippen LogP contribution in [0.3, 0.4) is 0 Å². The van der Waals surface area contributed by atoms with Crippen molar-refractivity contribution in [2.45, 2.75) is 70.0 Å². The van der Waals surface area contributed by atoms with Gasteiger partial charge in [-0.15, -0.1) is 11.3 Å². The lowest BCUT2D eigenvalue weighted by Gasteiger charge is -2.53. The number of hydrogen-bond donors (Lipinski definition) is 1. The van der Waals surface area contributed by atoms with Gasteiger partial charge in [0.2, 0.25) is 0 Å². The highest BCUT2D eigenvalue weighted by Gasteiger charge is 2.47. The van der Waals surface area contributed by atoms with Gasteiger partial charge in [-0.3, -0.25) is 4.90 Å². The number of hydrogen-bond acceptors (Lipinski definition) is 4. The normalized spacial score (nSPS) is 25.3. The van der Waals surface area contributed by atoms with Crippen LogP contribution in [-0.4, -0.2) is 34.1 Å². The van der Waals surface area contributed by atoms with Crippen molar-refractivity contribution in [2.24, 2.45) is 0 Å². The zero-order valence-electron chi connectivity index (χ0n) is 12.8. The van der Waals surface area contributed by atoms with Crippen LogP contribution in [0.4, 0.5) is 0 Å². The van der Waals surface area contributed by atoms with Gasteiger partial charge in [0.15, 0.2) is 0 Å². The van der Waals surface area contributed by atoms with E-state index in [1.165, 1.54) is 56.6 Å². The molecule has 1 aliphatic heterocycles. The minimum atomic E-state index is 0.311. The standard InChI is InChI=1S/C16H27N3S/c1-3-15(4-2)13-19(11-14-17-9-10-20-14)16(12-18-15)7-5-6-8-16/h9-10,18H,3-8,11-13H2,1-2H3. The van der Waals surface area contributed by atoms with Crippen LogP contribution < -0.4 is 5.32 Å². The van der Waals surface area contributed by atoms with Gasteiger partial charge in [0.1, 0.15) is 5.01 Å². The Balaban J connectivity index is 1.82. The average molecular weight is 293 g/mol. The first kappa shape index (κ1) is 14.5. The van der Waals surface area contributed by atoms with Gasteiger partial charge in [0.25, 0.3) is 0 Å². The maximum Gasteiger partial charge on any atom is 0.107 e. The second kappa shape index (κ2) is 5.74. The van der Waals surface area contributed by atoms with Crippen molar-refractivity contribution in [1.29, 1.82) is 0 Å². The fraction of sp³-hybridized carbons (Fsp3) is 0.812. The van der Waals surface area contributed by atoms with Crippen molar-refractivity contribution in [3.05, 3.63) is 16.6 Å². The van der Waals surface area contributed by atoms with Crippen LogP contribution in [0, 0.1) is 0 Å². The minimum absolute atomic E-state index is 0.311. The third-order valence-electron chi connectivity index (χ3n) is 5.65. The van der Waals surface area contributed by atoms with E-state index >= 15 is 0 Å². The average Bonchev–Trinajstić information content (AvgIpc) is 3.14. The number of thiazole rings is 1. The number of nitrogens with zero attached hydrogens (tertiary/aromatic N) is 2. The van der Waals surface area contributed by atoms with E-state index in [2.05, 4.69) is 34.4 Å². The van der Waals surface area contributed by atoms with Gasteiger partial charge in [-0.05, 0) is 25.7 Å². The van der Waals surface area contributed by atoms with Crippen molar-refractivity contribution in [1.82, 2.24) is 15.2 Å². The number of rotatable bonds is 4. The Labute approximate surface area is 126 Å². The first-order valence-corrected chi connectivity index (χ1v) is 8.98. The molecule has 2 heterocycles. The van der Waals surface area contributed by atoms with E-state index in [1.54, 1.807) is 11.3 Å². The minimum Gasteiger partial charge on any atom is -0.308 e.